The number of nitriles is 1. The van der Waals surface area contributed by atoms with E-state index in [1.54, 1.807) is 17.0 Å². The maximum absolute atomic E-state index is 12.6. The van der Waals surface area contributed by atoms with Gasteiger partial charge in [0.25, 0.3) is 5.91 Å². The molecule has 0 atom stereocenters. The average Bonchev–Trinajstić information content (AvgIpc) is 2.98. The van der Waals surface area contributed by atoms with E-state index in [1.807, 2.05) is 68.6 Å². The van der Waals surface area contributed by atoms with Crippen molar-refractivity contribution in [2.45, 2.75) is 32.2 Å². The van der Waals surface area contributed by atoms with Crippen molar-refractivity contribution in [1.29, 1.82) is 5.26 Å². The fourth-order valence-electron chi connectivity index (χ4n) is 5.33. The van der Waals surface area contributed by atoms with Gasteiger partial charge >= 0.3 is 0 Å². The molecule has 1 amide bonds. The fraction of sp³-hybridized carbons (Fsp3) is 0.323. The second-order valence-electron chi connectivity index (χ2n) is 9.56. The highest BCUT2D eigenvalue weighted by molar-refractivity contribution is 5.94. The average molecular weight is 509 g/mol. The maximum atomic E-state index is 12.6. The summed E-state index contributed by atoms with van der Waals surface area (Å²) in [5.74, 6) is 0.734. The maximum Gasteiger partial charge on any atom is 0.253 e. The summed E-state index contributed by atoms with van der Waals surface area (Å²) in [6, 6.07) is 27.8. The number of nitrogens with two attached hydrogens (primary N) is 1. The van der Waals surface area contributed by atoms with Crippen molar-refractivity contribution in [1.82, 2.24) is 15.1 Å². The van der Waals surface area contributed by atoms with E-state index >= 15 is 0 Å². The predicted molar refractivity (Wildman–Crippen MR) is 152 cm³/mol. The second kappa shape index (κ2) is 12.4. The van der Waals surface area contributed by atoms with Crippen LogP contribution in [0.4, 0.5) is 5.69 Å². The van der Waals surface area contributed by atoms with Crippen molar-refractivity contribution >= 4 is 17.6 Å². The molecular weight excluding hydrogens is 472 g/mol. The molecule has 0 spiro atoms. The van der Waals surface area contributed by atoms with Crippen LogP contribution in [0.1, 0.15) is 48.2 Å². The van der Waals surface area contributed by atoms with Crippen LogP contribution in [0.25, 0.3) is 0 Å². The van der Waals surface area contributed by atoms with Crippen LogP contribution >= 0.6 is 0 Å². The summed E-state index contributed by atoms with van der Waals surface area (Å²) >= 11 is 0. The summed E-state index contributed by atoms with van der Waals surface area (Å²) in [4.78, 5) is 21.2. The Morgan fingerprint density at radius 3 is 1.97 bits per heavy atom. The minimum absolute atomic E-state index is 0.00470. The van der Waals surface area contributed by atoms with Gasteiger partial charge in [-0.1, -0.05) is 60.7 Å². The third-order valence-electron chi connectivity index (χ3n) is 7.51. The molecule has 4 rings (SSSR count). The number of piperidine rings is 1. The molecule has 38 heavy (non-hydrogen) atoms. The SMILES string of the molecule is CCN(CC)C(=O)c1ccc(N=C(NC#N)N2CCC(C(N)(c3ccccc3)c3ccccc3)CC2)cc1. The Kier molecular flexibility index (Phi) is 8.77. The van der Waals surface area contributed by atoms with E-state index in [0.29, 0.717) is 30.3 Å². The van der Waals surface area contributed by atoms with Crippen LogP contribution in [-0.2, 0) is 5.54 Å². The highest BCUT2D eigenvalue weighted by Gasteiger charge is 2.40. The number of hydrogen-bond acceptors (Lipinski definition) is 4. The Labute approximate surface area is 225 Å². The molecule has 0 unspecified atom stereocenters. The van der Waals surface area contributed by atoms with Gasteiger partial charge in [-0.3, -0.25) is 10.1 Å². The quantitative estimate of drug-likeness (QED) is 0.206. The zero-order chi connectivity index (χ0) is 27.0. The first-order valence-corrected chi connectivity index (χ1v) is 13.3. The number of amides is 1. The summed E-state index contributed by atoms with van der Waals surface area (Å²) in [7, 11) is 0. The van der Waals surface area contributed by atoms with Crippen LogP contribution in [0.5, 0.6) is 0 Å². The van der Waals surface area contributed by atoms with Gasteiger partial charge in [0.05, 0.1) is 11.2 Å². The molecule has 1 aliphatic heterocycles. The minimum atomic E-state index is -0.609. The number of rotatable bonds is 7. The Morgan fingerprint density at radius 1 is 0.974 bits per heavy atom. The van der Waals surface area contributed by atoms with Crippen molar-refractivity contribution in [3.8, 4) is 6.19 Å². The number of carbonyl (C=O) groups excluding carboxylic acids is 1. The van der Waals surface area contributed by atoms with Crippen molar-refractivity contribution in [2.24, 2.45) is 16.6 Å². The van der Waals surface area contributed by atoms with Crippen molar-refractivity contribution in [3.05, 3.63) is 102 Å². The van der Waals surface area contributed by atoms with E-state index in [0.717, 1.165) is 37.1 Å². The van der Waals surface area contributed by atoms with Crippen molar-refractivity contribution in [3.63, 3.8) is 0 Å². The molecule has 1 aliphatic rings. The monoisotopic (exact) mass is 508 g/mol. The lowest BCUT2D eigenvalue weighted by Crippen LogP contribution is -2.52. The lowest BCUT2D eigenvalue weighted by atomic mass is 9.70. The largest absolute Gasteiger partial charge is 0.342 e. The molecule has 0 radical (unpaired) electrons. The first-order valence-electron chi connectivity index (χ1n) is 13.3. The van der Waals surface area contributed by atoms with Crippen LogP contribution in [0.15, 0.2) is 89.9 Å². The summed E-state index contributed by atoms with van der Waals surface area (Å²) in [6.45, 7) is 6.71. The number of aliphatic imine (C=N–C) groups is 1. The molecular formula is C31H36N6O. The lowest BCUT2D eigenvalue weighted by molar-refractivity contribution is 0.0773. The van der Waals surface area contributed by atoms with Gasteiger partial charge in [-0.05, 0) is 68.0 Å². The standard InChI is InChI=1S/C31H36N6O/c1-3-36(4-2)29(38)24-15-17-28(18-16-24)35-30(34-23-32)37-21-19-27(20-22-37)31(33,25-11-7-5-8-12-25)26-13-9-6-10-14-26/h5-18,27H,3-4,19-22,33H2,1-2H3,(H,34,35). The molecule has 1 fully saturated rings. The normalized spacial score (nSPS) is 14.6. The summed E-state index contributed by atoms with van der Waals surface area (Å²) < 4.78 is 0. The van der Waals surface area contributed by atoms with Crippen molar-refractivity contribution < 1.29 is 4.79 Å². The van der Waals surface area contributed by atoms with Crippen molar-refractivity contribution in [2.75, 3.05) is 26.2 Å². The molecule has 0 aromatic heterocycles. The number of benzene rings is 3. The van der Waals surface area contributed by atoms with Crippen LogP contribution < -0.4 is 11.1 Å². The predicted octanol–water partition coefficient (Wildman–Crippen LogP) is 4.84. The molecule has 196 valence electrons. The van der Waals surface area contributed by atoms with Gasteiger partial charge in [-0.15, -0.1) is 0 Å². The van der Waals surface area contributed by atoms with Crippen LogP contribution in [-0.4, -0.2) is 47.8 Å². The molecule has 7 nitrogen and oxygen atoms in total. The first kappa shape index (κ1) is 26.9. The number of carbonyl (C=O) groups is 1. The van der Waals surface area contributed by atoms with Gasteiger partial charge in [0, 0.05) is 31.7 Å². The van der Waals surface area contributed by atoms with Gasteiger partial charge in [-0.2, -0.15) is 5.26 Å². The van der Waals surface area contributed by atoms with Gasteiger partial charge < -0.3 is 15.5 Å². The summed E-state index contributed by atoms with van der Waals surface area (Å²) in [6.07, 6.45) is 3.73. The topological polar surface area (TPSA) is 97.8 Å². The Bertz CT molecular complexity index is 1220. The van der Waals surface area contributed by atoms with E-state index < -0.39 is 5.54 Å². The van der Waals surface area contributed by atoms with E-state index in [9.17, 15) is 10.1 Å². The fourth-order valence-corrected chi connectivity index (χ4v) is 5.33. The van der Waals surface area contributed by atoms with E-state index in [-0.39, 0.29) is 11.8 Å². The molecule has 3 N–H and O–H groups in total. The number of nitrogens with one attached hydrogen (secondary N) is 1. The molecule has 0 aliphatic carbocycles. The zero-order valence-electron chi connectivity index (χ0n) is 22.2. The van der Waals surface area contributed by atoms with Gasteiger partial charge in [0.2, 0.25) is 5.96 Å². The molecule has 3 aromatic carbocycles. The zero-order valence-corrected chi connectivity index (χ0v) is 22.2. The Morgan fingerprint density at radius 2 is 1.50 bits per heavy atom. The molecule has 3 aromatic rings. The third kappa shape index (κ3) is 5.71. The van der Waals surface area contributed by atoms with Crippen LogP contribution in [0.3, 0.4) is 0 Å². The van der Waals surface area contributed by atoms with Crippen LogP contribution in [0.2, 0.25) is 0 Å². The number of guanidine groups is 1. The minimum Gasteiger partial charge on any atom is -0.342 e. The number of nitrogens with zero attached hydrogens (tertiary/aromatic N) is 4. The number of hydrogen-bond donors (Lipinski definition) is 2. The highest BCUT2D eigenvalue weighted by atomic mass is 16.2. The summed E-state index contributed by atoms with van der Waals surface area (Å²) in [5.41, 5.74) is 10.2. The van der Waals surface area contributed by atoms with E-state index in [1.165, 1.54) is 0 Å². The first-order chi connectivity index (χ1) is 18.5. The molecule has 0 bridgehead atoms. The molecule has 1 heterocycles. The number of likely N-dealkylation sites (tertiary alicyclic amines) is 1. The molecule has 7 heteroatoms. The van der Waals surface area contributed by atoms with Gasteiger partial charge in [-0.25, -0.2) is 4.99 Å². The molecule has 0 saturated carbocycles. The smallest absolute Gasteiger partial charge is 0.253 e. The lowest BCUT2D eigenvalue weighted by Gasteiger charge is -2.43. The summed E-state index contributed by atoms with van der Waals surface area (Å²) in [5, 5.41) is 12.2. The molecule has 1 saturated heterocycles. The van der Waals surface area contributed by atoms with E-state index in [4.69, 9.17) is 10.7 Å². The third-order valence-corrected chi connectivity index (χ3v) is 7.51. The Hall–Kier alpha value is -4.15. The van der Waals surface area contributed by atoms with Gasteiger partial charge in [0.1, 0.15) is 0 Å². The highest BCUT2D eigenvalue weighted by Crippen LogP contribution is 2.40. The Balaban J connectivity index is 1.52. The van der Waals surface area contributed by atoms with E-state index in [2.05, 4.69) is 34.5 Å². The van der Waals surface area contributed by atoms with Crippen LogP contribution in [0, 0.1) is 17.4 Å². The second-order valence-corrected chi connectivity index (χ2v) is 9.56. The van der Waals surface area contributed by atoms with Gasteiger partial charge in [0.15, 0.2) is 6.19 Å².